The highest BCUT2D eigenvalue weighted by molar-refractivity contribution is 5.39. The van der Waals surface area contributed by atoms with Gasteiger partial charge in [0.05, 0.1) is 6.54 Å². The first-order valence-electron chi connectivity index (χ1n) is 6.23. The lowest BCUT2D eigenvalue weighted by Crippen LogP contribution is -2.22. The number of anilines is 1. The molecule has 2 N–H and O–H groups in total. The van der Waals surface area contributed by atoms with E-state index in [4.69, 9.17) is 10.5 Å². The Bertz CT molecular complexity index is 612. The van der Waals surface area contributed by atoms with Crippen molar-refractivity contribution in [2.24, 2.45) is 0 Å². The maximum absolute atomic E-state index is 11.6. The van der Waals surface area contributed by atoms with E-state index in [9.17, 15) is 4.79 Å². The molecule has 2 rings (SSSR count). The standard InChI is InChI=1S/C15H18N2O2/c1-11-4-3-5-12(2)15(11)19-9-8-17-10-13(16)6-7-14(17)18/h3-7,10H,8-9,16H2,1-2H3. The van der Waals surface area contributed by atoms with E-state index in [-0.39, 0.29) is 5.56 Å². The second-order valence-corrected chi connectivity index (χ2v) is 4.56. The lowest BCUT2D eigenvalue weighted by atomic mass is 10.1. The van der Waals surface area contributed by atoms with Crippen molar-refractivity contribution in [2.75, 3.05) is 12.3 Å². The molecule has 0 radical (unpaired) electrons. The summed E-state index contributed by atoms with van der Waals surface area (Å²) in [7, 11) is 0. The van der Waals surface area contributed by atoms with Crippen molar-refractivity contribution in [3.63, 3.8) is 0 Å². The van der Waals surface area contributed by atoms with Crippen molar-refractivity contribution >= 4 is 5.69 Å². The number of hydrogen-bond donors (Lipinski definition) is 1. The van der Waals surface area contributed by atoms with Crippen molar-refractivity contribution in [2.45, 2.75) is 20.4 Å². The van der Waals surface area contributed by atoms with Gasteiger partial charge in [-0.05, 0) is 31.0 Å². The lowest BCUT2D eigenvalue weighted by Gasteiger charge is -2.12. The van der Waals surface area contributed by atoms with Gasteiger partial charge in [-0.1, -0.05) is 18.2 Å². The predicted octanol–water partition coefficient (Wildman–Crippen LogP) is 2.13. The summed E-state index contributed by atoms with van der Waals surface area (Å²) in [6.45, 7) is 4.94. The molecule has 0 fully saturated rings. The van der Waals surface area contributed by atoms with Gasteiger partial charge >= 0.3 is 0 Å². The van der Waals surface area contributed by atoms with E-state index in [0.29, 0.717) is 18.8 Å². The monoisotopic (exact) mass is 258 g/mol. The summed E-state index contributed by atoms with van der Waals surface area (Å²) in [4.78, 5) is 11.6. The quantitative estimate of drug-likeness (QED) is 0.914. The zero-order valence-corrected chi connectivity index (χ0v) is 11.2. The summed E-state index contributed by atoms with van der Waals surface area (Å²) in [5.74, 6) is 0.888. The molecule has 0 saturated carbocycles. The van der Waals surface area contributed by atoms with Gasteiger partial charge in [-0.15, -0.1) is 0 Å². The molecule has 4 nitrogen and oxygen atoms in total. The zero-order valence-electron chi connectivity index (χ0n) is 11.2. The van der Waals surface area contributed by atoms with Crippen LogP contribution < -0.4 is 16.0 Å². The molecule has 0 aliphatic rings. The Kier molecular flexibility index (Phi) is 3.90. The van der Waals surface area contributed by atoms with Crippen LogP contribution in [-0.2, 0) is 6.54 Å². The molecule has 0 atom stereocenters. The third-order valence-corrected chi connectivity index (χ3v) is 2.99. The van der Waals surface area contributed by atoms with Gasteiger partial charge in [-0.25, -0.2) is 0 Å². The summed E-state index contributed by atoms with van der Waals surface area (Å²) < 4.78 is 7.32. The molecule has 4 heteroatoms. The summed E-state index contributed by atoms with van der Waals surface area (Å²) in [5, 5.41) is 0. The normalized spacial score (nSPS) is 10.4. The number of aromatic nitrogens is 1. The highest BCUT2D eigenvalue weighted by Crippen LogP contribution is 2.22. The summed E-state index contributed by atoms with van der Waals surface area (Å²) in [5.41, 5.74) is 8.36. The molecular weight excluding hydrogens is 240 g/mol. The molecule has 0 aliphatic carbocycles. The lowest BCUT2D eigenvalue weighted by molar-refractivity contribution is 0.293. The van der Waals surface area contributed by atoms with Crippen molar-refractivity contribution in [1.82, 2.24) is 4.57 Å². The molecule has 0 spiro atoms. The fourth-order valence-electron chi connectivity index (χ4n) is 2.00. The van der Waals surface area contributed by atoms with E-state index in [1.54, 1.807) is 16.8 Å². The smallest absolute Gasteiger partial charge is 0.250 e. The molecule has 0 amide bonds. The molecule has 19 heavy (non-hydrogen) atoms. The van der Waals surface area contributed by atoms with Gasteiger partial charge in [0.2, 0.25) is 0 Å². The zero-order chi connectivity index (χ0) is 13.8. The van der Waals surface area contributed by atoms with Gasteiger partial charge < -0.3 is 15.0 Å². The third kappa shape index (κ3) is 3.16. The van der Waals surface area contributed by atoms with Crippen molar-refractivity contribution in [1.29, 1.82) is 0 Å². The Labute approximate surface area is 112 Å². The Balaban J connectivity index is 2.04. The van der Waals surface area contributed by atoms with E-state index >= 15 is 0 Å². The number of benzene rings is 1. The highest BCUT2D eigenvalue weighted by atomic mass is 16.5. The van der Waals surface area contributed by atoms with Crippen molar-refractivity contribution in [3.05, 3.63) is 58.0 Å². The van der Waals surface area contributed by atoms with E-state index in [0.717, 1.165) is 16.9 Å². The largest absolute Gasteiger partial charge is 0.491 e. The van der Waals surface area contributed by atoms with E-state index in [2.05, 4.69) is 0 Å². The minimum absolute atomic E-state index is 0.0701. The van der Waals surface area contributed by atoms with Crippen LogP contribution in [0, 0.1) is 13.8 Å². The van der Waals surface area contributed by atoms with Crippen LogP contribution in [-0.4, -0.2) is 11.2 Å². The minimum Gasteiger partial charge on any atom is -0.491 e. The number of hydrogen-bond acceptors (Lipinski definition) is 3. The molecule has 0 aliphatic heterocycles. The third-order valence-electron chi connectivity index (χ3n) is 2.99. The SMILES string of the molecule is Cc1cccc(C)c1OCCn1cc(N)ccc1=O. The van der Waals surface area contributed by atoms with Crippen LogP contribution in [0.25, 0.3) is 0 Å². The van der Waals surface area contributed by atoms with Crippen LogP contribution in [0.5, 0.6) is 5.75 Å². The number of nitrogens with two attached hydrogens (primary N) is 1. The van der Waals surface area contributed by atoms with Crippen LogP contribution >= 0.6 is 0 Å². The first-order valence-corrected chi connectivity index (χ1v) is 6.23. The second-order valence-electron chi connectivity index (χ2n) is 4.56. The molecular formula is C15H18N2O2. The Morgan fingerprint density at radius 2 is 1.84 bits per heavy atom. The fraction of sp³-hybridized carbons (Fsp3) is 0.267. The number of para-hydroxylation sites is 1. The number of pyridine rings is 1. The molecule has 1 aromatic carbocycles. The Morgan fingerprint density at radius 3 is 2.53 bits per heavy atom. The average Bonchev–Trinajstić information content (AvgIpc) is 2.37. The molecule has 0 bridgehead atoms. The Morgan fingerprint density at radius 1 is 1.16 bits per heavy atom. The van der Waals surface area contributed by atoms with Gasteiger partial charge in [0.1, 0.15) is 12.4 Å². The summed E-state index contributed by atoms with van der Waals surface area (Å²) in [6, 6.07) is 9.09. The summed E-state index contributed by atoms with van der Waals surface area (Å²) >= 11 is 0. The van der Waals surface area contributed by atoms with E-state index in [1.165, 1.54) is 6.07 Å². The first-order chi connectivity index (χ1) is 9.08. The van der Waals surface area contributed by atoms with Crippen LogP contribution in [0.15, 0.2) is 41.3 Å². The van der Waals surface area contributed by atoms with Gasteiger partial charge in [0.25, 0.3) is 5.56 Å². The second kappa shape index (κ2) is 5.61. The number of ether oxygens (including phenoxy) is 1. The molecule has 2 aromatic rings. The Hall–Kier alpha value is -2.23. The van der Waals surface area contributed by atoms with Gasteiger partial charge in [-0.3, -0.25) is 4.79 Å². The number of aryl methyl sites for hydroxylation is 2. The number of nitrogens with zero attached hydrogens (tertiary/aromatic N) is 1. The van der Waals surface area contributed by atoms with Crippen LogP contribution in [0.1, 0.15) is 11.1 Å². The molecule has 0 saturated heterocycles. The maximum atomic E-state index is 11.6. The fourth-order valence-corrected chi connectivity index (χ4v) is 2.00. The van der Waals surface area contributed by atoms with E-state index in [1.807, 2.05) is 32.0 Å². The van der Waals surface area contributed by atoms with Gasteiger partial charge in [0.15, 0.2) is 0 Å². The van der Waals surface area contributed by atoms with Crippen LogP contribution in [0.4, 0.5) is 5.69 Å². The number of nitrogen functional groups attached to an aromatic ring is 1. The van der Waals surface area contributed by atoms with Crippen molar-refractivity contribution in [3.8, 4) is 5.75 Å². The van der Waals surface area contributed by atoms with Gasteiger partial charge in [-0.2, -0.15) is 0 Å². The molecule has 1 aromatic heterocycles. The first kappa shape index (κ1) is 13.2. The topological polar surface area (TPSA) is 57.2 Å². The number of rotatable bonds is 4. The average molecular weight is 258 g/mol. The summed E-state index contributed by atoms with van der Waals surface area (Å²) in [6.07, 6.45) is 1.64. The minimum atomic E-state index is -0.0701. The highest BCUT2D eigenvalue weighted by Gasteiger charge is 2.03. The van der Waals surface area contributed by atoms with Gasteiger partial charge in [0, 0.05) is 18.0 Å². The van der Waals surface area contributed by atoms with E-state index < -0.39 is 0 Å². The molecule has 100 valence electrons. The predicted molar refractivity (Wildman–Crippen MR) is 76.5 cm³/mol. The maximum Gasteiger partial charge on any atom is 0.250 e. The molecule has 0 unspecified atom stereocenters. The van der Waals surface area contributed by atoms with Crippen LogP contribution in [0.2, 0.25) is 0 Å². The van der Waals surface area contributed by atoms with Crippen molar-refractivity contribution < 1.29 is 4.74 Å². The van der Waals surface area contributed by atoms with Crippen LogP contribution in [0.3, 0.4) is 0 Å². The molecule has 1 heterocycles.